The summed E-state index contributed by atoms with van der Waals surface area (Å²) in [5.41, 5.74) is 3.71. The molecule has 1 atom stereocenters. The molecule has 4 aliphatic rings. The molecule has 4 amide bonds. The molecule has 1 unspecified atom stereocenters. The average molecular weight is 553 g/mol. The Morgan fingerprint density at radius 2 is 1.73 bits per heavy atom. The summed E-state index contributed by atoms with van der Waals surface area (Å²) in [6.45, 7) is 9.31. The number of rotatable bonds is 4. The van der Waals surface area contributed by atoms with E-state index in [4.69, 9.17) is 9.31 Å². The van der Waals surface area contributed by atoms with Gasteiger partial charge in [-0.1, -0.05) is 30.0 Å². The monoisotopic (exact) mass is 553 g/mol. The normalized spacial score (nSPS) is 22.4. The third-order valence-corrected chi connectivity index (χ3v) is 8.85. The molecule has 0 bridgehead atoms. The van der Waals surface area contributed by atoms with Gasteiger partial charge < -0.3 is 19.1 Å². The fourth-order valence-electron chi connectivity index (χ4n) is 5.76. The Morgan fingerprint density at radius 1 is 0.976 bits per heavy atom. The van der Waals surface area contributed by atoms with E-state index in [1.54, 1.807) is 17.0 Å². The molecule has 210 valence electrons. The lowest BCUT2D eigenvalue weighted by molar-refractivity contribution is -0.136. The number of benzene rings is 2. The van der Waals surface area contributed by atoms with Gasteiger partial charge in [-0.25, -0.2) is 0 Å². The maximum Gasteiger partial charge on any atom is 0.494 e. The first-order chi connectivity index (χ1) is 19.4. The number of hydrogen-bond donors (Lipinski definition) is 1. The zero-order valence-electron chi connectivity index (χ0n) is 23.7. The van der Waals surface area contributed by atoms with Gasteiger partial charge in [-0.2, -0.15) is 0 Å². The van der Waals surface area contributed by atoms with Crippen LogP contribution >= 0.6 is 0 Å². The zero-order chi connectivity index (χ0) is 29.1. The van der Waals surface area contributed by atoms with Crippen LogP contribution in [0.3, 0.4) is 0 Å². The topological polar surface area (TPSA) is 105 Å². The minimum absolute atomic E-state index is 0.0200. The summed E-state index contributed by atoms with van der Waals surface area (Å²) in [6.07, 6.45) is 0.996. The summed E-state index contributed by atoms with van der Waals surface area (Å²) in [5, 5.41) is 2.33. The molecule has 10 heteroatoms. The second-order valence-electron chi connectivity index (χ2n) is 12.0. The van der Waals surface area contributed by atoms with Crippen LogP contribution in [0.15, 0.2) is 36.4 Å². The Hall–Kier alpha value is -3.94. The van der Waals surface area contributed by atoms with Gasteiger partial charge in [-0.3, -0.25) is 24.5 Å². The van der Waals surface area contributed by atoms with Crippen LogP contribution in [0, 0.1) is 11.8 Å². The molecule has 0 saturated carbocycles. The number of nitrogens with one attached hydrogen (secondary N) is 1. The quantitative estimate of drug-likeness (QED) is 0.354. The minimum Gasteiger partial charge on any atom is -0.399 e. The summed E-state index contributed by atoms with van der Waals surface area (Å²) < 4.78 is 12.4. The van der Waals surface area contributed by atoms with Crippen molar-refractivity contribution in [3.63, 3.8) is 0 Å². The lowest BCUT2D eigenvalue weighted by Crippen LogP contribution is -2.52. The maximum atomic E-state index is 13.0. The number of carbonyl (C=O) groups is 4. The van der Waals surface area contributed by atoms with E-state index in [1.807, 2.05) is 52.0 Å². The Labute approximate surface area is 239 Å². The Morgan fingerprint density at radius 3 is 2.46 bits per heavy atom. The number of hydrogen-bond acceptors (Lipinski definition) is 6. The molecule has 2 aromatic rings. The van der Waals surface area contributed by atoms with E-state index in [-0.39, 0.29) is 30.7 Å². The molecule has 1 N–H and O–H groups in total. The van der Waals surface area contributed by atoms with Crippen LogP contribution in [0.5, 0.6) is 0 Å². The van der Waals surface area contributed by atoms with Crippen LogP contribution in [0.25, 0.3) is 0 Å². The van der Waals surface area contributed by atoms with E-state index >= 15 is 0 Å². The molecule has 0 aromatic heterocycles. The van der Waals surface area contributed by atoms with Crippen molar-refractivity contribution < 1.29 is 28.5 Å². The number of carbonyl (C=O) groups excluding carboxylic acids is 4. The minimum atomic E-state index is -0.665. The summed E-state index contributed by atoms with van der Waals surface area (Å²) in [7, 11) is -0.481. The molecular formula is C31H32BN3O6. The van der Waals surface area contributed by atoms with Gasteiger partial charge in [0.15, 0.2) is 0 Å². The SMILES string of the molecule is CC1(C)OB(c2ccc3c(c2)CN(CCC#Cc2cccc4c2CN(C2CCC(=O)NC2=O)C4=O)C3=O)OC1(C)C. The molecule has 41 heavy (non-hydrogen) atoms. The first kappa shape index (κ1) is 27.2. The summed E-state index contributed by atoms with van der Waals surface area (Å²) >= 11 is 0. The number of amides is 4. The molecule has 2 fully saturated rings. The molecule has 2 saturated heterocycles. The first-order valence-electron chi connectivity index (χ1n) is 14.0. The molecule has 2 aromatic carbocycles. The largest absolute Gasteiger partial charge is 0.494 e. The van der Waals surface area contributed by atoms with Gasteiger partial charge >= 0.3 is 7.12 Å². The second-order valence-corrected chi connectivity index (χ2v) is 12.0. The number of nitrogens with zero attached hydrogens (tertiary/aromatic N) is 2. The van der Waals surface area contributed by atoms with Gasteiger partial charge in [0.05, 0.1) is 11.2 Å². The molecule has 4 heterocycles. The van der Waals surface area contributed by atoms with Crippen molar-refractivity contribution in [3.05, 3.63) is 64.2 Å². The van der Waals surface area contributed by atoms with Crippen LogP contribution < -0.4 is 10.8 Å². The standard InChI is InChI=1S/C31H32BN3O6/c1-30(2)31(3,4)41-32(40-30)21-11-12-22-20(16-21)17-34(28(22)38)15-6-5-8-19-9-7-10-23-24(19)18-35(29(23)39)25-13-14-26(36)33-27(25)37/h7,9-12,16,25H,6,13-15,17-18H2,1-4H3,(H,33,36,37). The highest BCUT2D eigenvalue weighted by molar-refractivity contribution is 6.62. The van der Waals surface area contributed by atoms with Crippen molar-refractivity contribution in [2.75, 3.05) is 6.54 Å². The molecule has 0 aliphatic carbocycles. The fraction of sp³-hybridized carbons (Fsp3) is 0.419. The van der Waals surface area contributed by atoms with Gasteiger partial charge in [-0.05, 0) is 68.9 Å². The predicted molar refractivity (Wildman–Crippen MR) is 151 cm³/mol. The van der Waals surface area contributed by atoms with E-state index in [2.05, 4.69) is 17.2 Å². The highest BCUT2D eigenvalue weighted by atomic mass is 16.7. The lowest BCUT2D eigenvalue weighted by atomic mass is 9.78. The van der Waals surface area contributed by atoms with Crippen molar-refractivity contribution in [1.29, 1.82) is 0 Å². The van der Waals surface area contributed by atoms with Crippen molar-refractivity contribution >= 4 is 36.2 Å². The van der Waals surface area contributed by atoms with E-state index in [0.717, 1.165) is 22.2 Å². The third-order valence-electron chi connectivity index (χ3n) is 8.85. The zero-order valence-corrected chi connectivity index (χ0v) is 23.7. The highest BCUT2D eigenvalue weighted by Crippen LogP contribution is 2.37. The van der Waals surface area contributed by atoms with Crippen LogP contribution in [-0.4, -0.2) is 64.3 Å². The third kappa shape index (κ3) is 4.73. The van der Waals surface area contributed by atoms with E-state index < -0.39 is 30.3 Å². The Bertz CT molecular complexity index is 1540. The van der Waals surface area contributed by atoms with Crippen molar-refractivity contribution in [2.45, 2.75) is 77.3 Å². The second kappa shape index (κ2) is 9.86. The molecule has 6 rings (SSSR count). The molecule has 9 nitrogen and oxygen atoms in total. The highest BCUT2D eigenvalue weighted by Gasteiger charge is 2.52. The van der Waals surface area contributed by atoms with Gasteiger partial charge in [0.25, 0.3) is 11.8 Å². The van der Waals surface area contributed by atoms with Gasteiger partial charge in [0.2, 0.25) is 11.8 Å². The fourth-order valence-corrected chi connectivity index (χ4v) is 5.76. The molecule has 0 spiro atoms. The molecule has 4 aliphatic heterocycles. The summed E-state index contributed by atoms with van der Waals surface area (Å²) in [6, 6.07) is 10.5. The molecular weight excluding hydrogens is 521 g/mol. The molecule has 0 radical (unpaired) electrons. The predicted octanol–water partition coefficient (Wildman–Crippen LogP) is 2.14. The van der Waals surface area contributed by atoms with Gasteiger partial charge in [0, 0.05) is 49.2 Å². The Balaban J connectivity index is 1.10. The first-order valence-corrected chi connectivity index (χ1v) is 14.0. The van der Waals surface area contributed by atoms with Crippen molar-refractivity contribution in [3.8, 4) is 11.8 Å². The van der Waals surface area contributed by atoms with E-state index in [0.29, 0.717) is 37.1 Å². The van der Waals surface area contributed by atoms with Gasteiger partial charge in [0.1, 0.15) is 6.04 Å². The smallest absolute Gasteiger partial charge is 0.399 e. The van der Waals surface area contributed by atoms with E-state index in [1.165, 1.54) is 4.90 Å². The maximum absolute atomic E-state index is 13.0. The van der Waals surface area contributed by atoms with Crippen LogP contribution in [0.4, 0.5) is 0 Å². The van der Waals surface area contributed by atoms with Crippen LogP contribution in [0.1, 0.15) is 84.4 Å². The van der Waals surface area contributed by atoms with Crippen molar-refractivity contribution in [1.82, 2.24) is 15.1 Å². The number of imide groups is 1. The number of fused-ring (bicyclic) bond motifs is 2. The van der Waals surface area contributed by atoms with E-state index in [9.17, 15) is 19.2 Å². The summed E-state index contributed by atoms with van der Waals surface area (Å²) in [5.74, 6) is 5.35. The van der Waals surface area contributed by atoms with Gasteiger partial charge in [-0.15, -0.1) is 0 Å². The lowest BCUT2D eigenvalue weighted by Gasteiger charge is -2.32. The van der Waals surface area contributed by atoms with Crippen molar-refractivity contribution in [2.24, 2.45) is 0 Å². The van der Waals surface area contributed by atoms with Crippen LogP contribution in [-0.2, 0) is 32.0 Å². The number of piperidine rings is 1. The summed E-state index contributed by atoms with van der Waals surface area (Å²) in [4.78, 5) is 53.3. The Kier molecular flexibility index (Phi) is 6.55. The van der Waals surface area contributed by atoms with Crippen LogP contribution in [0.2, 0.25) is 0 Å². The average Bonchev–Trinajstić information content (AvgIpc) is 3.49.